The van der Waals surface area contributed by atoms with Gasteiger partial charge in [-0.1, -0.05) is 31.5 Å². The summed E-state index contributed by atoms with van der Waals surface area (Å²) in [6.07, 6.45) is 3.23. The molecule has 5 heteroatoms. The van der Waals surface area contributed by atoms with Crippen LogP contribution in [-0.2, 0) is 4.79 Å². The lowest BCUT2D eigenvalue weighted by Crippen LogP contribution is -2.35. The first-order chi connectivity index (χ1) is 8.70. The van der Waals surface area contributed by atoms with Crippen LogP contribution in [0.5, 0.6) is 0 Å². The lowest BCUT2D eigenvalue weighted by Gasteiger charge is -2.11. The van der Waals surface area contributed by atoms with Gasteiger partial charge in [-0.2, -0.15) is 0 Å². The molecule has 1 unspecified atom stereocenters. The van der Waals surface area contributed by atoms with Gasteiger partial charge in [-0.3, -0.25) is 9.78 Å². The van der Waals surface area contributed by atoms with E-state index < -0.39 is 6.04 Å². The Morgan fingerprint density at radius 1 is 1.42 bits per heavy atom. The van der Waals surface area contributed by atoms with Gasteiger partial charge in [0.05, 0.1) is 23.4 Å². The molecule has 0 spiro atoms. The topological polar surface area (TPSA) is 68.0 Å². The van der Waals surface area contributed by atoms with Crippen molar-refractivity contribution >= 4 is 34.9 Å². The number of benzene rings is 1. The van der Waals surface area contributed by atoms with Gasteiger partial charge in [0, 0.05) is 5.39 Å². The van der Waals surface area contributed by atoms with Crippen molar-refractivity contribution in [3.8, 4) is 0 Å². The summed E-state index contributed by atoms with van der Waals surface area (Å²) >= 11 is 0. The van der Waals surface area contributed by atoms with Gasteiger partial charge < -0.3 is 11.1 Å². The van der Waals surface area contributed by atoms with Crippen molar-refractivity contribution in [3.05, 3.63) is 36.5 Å². The SMILES string of the molecule is CCCC(N)C(=O)Nc1cnc2ccccc2c1.Cl. The number of aromatic nitrogens is 1. The predicted molar refractivity (Wildman–Crippen MR) is 80.5 cm³/mol. The number of hydrogen-bond donors (Lipinski definition) is 2. The molecule has 19 heavy (non-hydrogen) atoms. The Kier molecular flexibility index (Phi) is 5.73. The number of pyridine rings is 1. The molecule has 1 heterocycles. The summed E-state index contributed by atoms with van der Waals surface area (Å²) in [5.74, 6) is -0.158. The number of halogens is 1. The van der Waals surface area contributed by atoms with Gasteiger partial charge in [-0.25, -0.2) is 0 Å². The van der Waals surface area contributed by atoms with E-state index >= 15 is 0 Å². The van der Waals surface area contributed by atoms with E-state index in [-0.39, 0.29) is 18.3 Å². The molecule has 2 aromatic rings. The quantitative estimate of drug-likeness (QED) is 0.904. The zero-order chi connectivity index (χ0) is 13.0. The van der Waals surface area contributed by atoms with Gasteiger partial charge in [0.2, 0.25) is 5.91 Å². The molecular weight excluding hydrogens is 262 g/mol. The van der Waals surface area contributed by atoms with Gasteiger partial charge in [-0.15, -0.1) is 12.4 Å². The van der Waals surface area contributed by atoms with Crippen LogP contribution in [0.2, 0.25) is 0 Å². The number of anilines is 1. The summed E-state index contributed by atoms with van der Waals surface area (Å²) in [5.41, 5.74) is 7.35. The minimum absolute atomic E-state index is 0. The maximum Gasteiger partial charge on any atom is 0.241 e. The van der Waals surface area contributed by atoms with Crippen molar-refractivity contribution < 1.29 is 4.79 Å². The highest BCUT2D eigenvalue weighted by Crippen LogP contribution is 2.16. The van der Waals surface area contributed by atoms with Crippen LogP contribution in [0.3, 0.4) is 0 Å². The van der Waals surface area contributed by atoms with Crippen LogP contribution >= 0.6 is 12.4 Å². The summed E-state index contributed by atoms with van der Waals surface area (Å²) < 4.78 is 0. The van der Waals surface area contributed by atoms with Gasteiger partial charge >= 0.3 is 0 Å². The standard InChI is InChI=1S/C14H17N3O.ClH/c1-2-5-12(15)14(18)17-11-8-10-6-3-4-7-13(10)16-9-11;/h3-4,6-9,12H,2,5,15H2,1H3,(H,17,18);1H. The fraction of sp³-hybridized carbons (Fsp3) is 0.286. The highest BCUT2D eigenvalue weighted by Gasteiger charge is 2.12. The molecule has 1 aromatic carbocycles. The first-order valence-electron chi connectivity index (χ1n) is 6.12. The Bertz CT molecular complexity index is 559. The van der Waals surface area contributed by atoms with Gasteiger partial charge in [0.1, 0.15) is 0 Å². The number of carbonyl (C=O) groups is 1. The lowest BCUT2D eigenvalue weighted by atomic mass is 10.1. The van der Waals surface area contributed by atoms with E-state index in [2.05, 4.69) is 10.3 Å². The Morgan fingerprint density at radius 3 is 2.89 bits per heavy atom. The van der Waals surface area contributed by atoms with Crippen molar-refractivity contribution in [1.29, 1.82) is 0 Å². The second kappa shape index (κ2) is 7.07. The first-order valence-corrected chi connectivity index (χ1v) is 6.12. The smallest absolute Gasteiger partial charge is 0.241 e. The minimum atomic E-state index is -0.457. The fourth-order valence-electron chi connectivity index (χ4n) is 1.82. The molecule has 0 aliphatic heterocycles. The summed E-state index contributed by atoms with van der Waals surface area (Å²) in [6, 6.07) is 9.22. The molecule has 1 atom stereocenters. The number of rotatable bonds is 4. The minimum Gasteiger partial charge on any atom is -0.323 e. The van der Waals surface area contributed by atoms with E-state index in [1.54, 1.807) is 6.20 Å². The molecular formula is C14H18ClN3O. The van der Waals surface area contributed by atoms with E-state index in [1.807, 2.05) is 37.3 Å². The molecule has 0 aliphatic rings. The molecule has 1 amide bonds. The van der Waals surface area contributed by atoms with Crippen LogP contribution in [0.15, 0.2) is 36.5 Å². The number of nitrogens with zero attached hydrogens (tertiary/aromatic N) is 1. The molecule has 0 aliphatic carbocycles. The molecule has 3 N–H and O–H groups in total. The summed E-state index contributed by atoms with van der Waals surface area (Å²) in [7, 11) is 0. The molecule has 0 fully saturated rings. The van der Waals surface area contributed by atoms with Crippen LogP contribution in [0, 0.1) is 0 Å². The molecule has 1 aromatic heterocycles. The van der Waals surface area contributed by atoms with Gasteiger partial charge in [0.25, 0.3) is 0 Å². The monoisotopic (exact) mass is 279 g/mol. The van der Waals surface area contributed by atoms with Crippen LogP contribution in [-0.4, -0.2) is 16.9 Å². The van der Waals surface area contributed by atoms with E-state index in [4.69, 9.17) is 5.73 Å². The van der Waals surface area contributed by atoms with Gasteiger partial charge in [0.15, 0.2) is 0 Å². The molecule has 2 rings (SSSR count). The van der Waals surface area contributed by atoms with Crippen molar-refractivity contribution in [3.63, 3.8) is 0 Å². The van der Waals surface area contributed by atoms with Crippen molar-refractivity contribution in [2.24, 2.45) is 5.73 Å². The van der Waals surface area contributed by atoms with E-state index in [0.29, 0.717) is 12.1 Å². The van der Waals surface area contributed by atoms with E-state index in [1.165, 1.54) is 0 Å². The molecule has 4 nitrogen and oxygen atoms in total. The Balaban J connectivity index is 0.00000180. The molecule has 0 bridgehead atoms. The summed E-state index contributed by atoms with van der Waals surface area (Å²) in [6.45, 7) is 2.00. The number of nitrogens with two attached hydrogens (primary N) is 1. The average molecular weight is 280 g/mol. The molecule has 0 radical (unpaired) electrons. The fourth-order valence-corrected chi connectivity index (χ4v) is 1.82. The number of amides is 1. The lowest BCUT2D eigenvalue weighted by molar-refractivity contribution is -0.117. The second-order valence-electron chi connectivity index (χ2n) is 4.30. The summed E-state index contributed by atoms with van der Waals surface area (Å²) in [5, 5.41) is 3.79. The molecule has 0 saturated heterocycles. The third-order valence-corrected chi connectivity index (χ3v) is 2.79. The Hall–Kier alpha value is -1.65. The highest BCUT2D eigenvalue weighted by molar-refractivity contribution is 5.96. The van der Waals surface area contributed by atoms with Gasteiger partial charge in [-0.05, 0) is 18.6 Å². The van der Waals surface area contributed by atoms with Crippen LogP contribution in [0.1, 0.15) is 19.8 Å². The van der Waals surface area contributed by atoms with Crippen molar-refractivity contribution in [2.45, 2.75) is 25.8 Å². The Labute approximate surface area is 118 Å². The number of para-hydroxylation sites is 1. The second-order valence-corrected chi connectivity index (χ2v) is 4.30. The summed E-state index contributed by atoms with van der Waals surface area (Å²) in [4.78, 5) is 16.1. The number of carbonyl (C=O) groups excluding carboxylic acids is 1. The highest BCUT2D eigenvalue weighted by atomic mass is 35.5. The average Bonchev–Trinajstić information content (AvgIpc) is 2.39. The largest absolute Gasteiger partial charge is 0.323 e. The molecule has 102 valence electrons. The number of nitrogens with one attached hydrogen (secondary N) is 1. The number of fused-ring (bicyclic) bond motifs is 1. The normalized spacial score (nSPS) is 11.7. The first kappa shape index (κ1) is 15.4. The van der Waals surface area contributed by atoms with Crippen molar-refractivity contribution in [2.75, 3.05) is 5.32 Å². The van der Waals surface area contributed by atoms with Crippen LogP contribution in [0.4, 0.5) is 5.69 Å². The third kappa shape index (κ3) is 3.91. The Morgan fingerprint density at radius 2 is 2.16 bits per heavy atom. The number of hydrogen-bond acceptors (Lipinski definition) is 3. The maximum absolute atomic E-state index is 11.8. The maximum atomic E-state index is 11.8. The van der Waals surface area contributed by atoms with Crippen LogP contribution < -0.4 is 11.1 Å². The third-order valence-electron chi connectivity index (χ3n) is 2.79. The van der Waals surface area contributed by atoms with E-state index in [0.717, 1.165) is 17.3 Å². The van der Waals surface area contributed by atoms with Crippen molar-refractivity contribution in [1.82, 2.24) is 4.98 Å². The van der Waals surface area contributed by atoms with Crippen LogP contribution in [0.25, 0.3) is 10.9 Å². The zero-order valence-corrected chi connectivity index (χ0v) is 11.6. The zero-order valence-electron chi connectivity index (χ0n) is 10.8. The van der Waals surface area contributed by atoms with E-state index in [9.17, 15) is 4.79 Å². The predicted octanol–water partition coefficient (Wildman–Crippen LogP) is 2.72. The molecule has 0 saturated carbocycles.